The summed E-state index contributed by atoms with van der Waals surface area (Å²) >= 11 is 0. The molecule has 2 atom stereocenters. The number of rotatable bonds is 1. The van der Waals surface area contributed by atoms with Crippen molar-refractivity contribution in [1.82, 2.24) is 0 Å². The summed E-state index contributed by atoms with van der Waals surface area (Å²) in [4.78, 5) is 0. The standard InChI is InChI=1S/C6H10O2/c1-2-5-3-6(7)8-4-5/h2,5-7H,1,3-4H2/t5-,6-/m0/s1. The fourth-order valence-corrected chi connectivity index (χ4v) is 0.794. The van der Waals surface area contributed by atoms with Crippen LogP contribution in [0.25, 0.3) is 0 Å². The third kappa shape index (κ3) is 1.08. The molecule has 8 heavy (non-hydrogen) atoms. The summed E-state index contributed by atoms with van der Waals surface area (Å²) in [5, 5.41) is 8.76. The molecule has 46 valence electrons. The predicted octanol–water partition coefficient (Wildman–Crippen LogP) is 0.527. The molecule has 0 amide bonds. The first-order chi connectivity index (χ1) is 3.83. The van der Waals surface area contributed by atoms with Gasteiger partial charge in [-0.1, -0.05) is 6.08 Å². The molecule has 1 aliphatic heterocycles. The van der Waals surface area contributed by atoms with Crippen molar-refractivity contribution in [2.75, 3.05) is 6.61 Å². The normalized spacial score (nSPS) is 37.6. The maximum atomic E-state index is 8.76. The Labute approximate surface area is 48.8 Å². The van der Waals surface area contributed by atoms with Gasteiger partial charge in [0.15, 0.2) is 6.29 Å². The summed E-state index contributed by atoms with van der Waals surface area (Å²) in [5.41, 5.74) is 0. The van der Waals surface area contributed by atoms with E-state index in [1.807, 2.05) is 6.08 Å². The first-order valence-electron chi connectivity index (χ1n) is 2.75. The molecule has 0 unspecified atom stereocenters. The van der Waals surface area contributed by atoms with Gasteiger partial charge >= 0.3 is 0 Å². The largest absolute Gasteiger partial charge is 0.368 e. The highest BCUT2D eigenvalue weighted by Gasteiger charge is 2.19. The van der Waals surface area contributed by atoms with E-state index in [2.05, 4.69) is 6.58 Å². The van der Waals surface area contributed by atoms with Crippen molar-refractivity contribution in [2.45, 2.75) is 12.7 Å². The van der Waals surface area contributed by atoms with Crippen LogP contribution in [0.15, 0.2) is 12.7 Å². The fraction of sp³-hybridized carbons (Fsp3) is 0.667. The van der Waals surface area contributed by atoms with Crippen molar-refractivity contribution in [3.8, 4) is 0 Å². The number of aliphatic hydroxyl groups excluding tert-OH is 1. The van der Waals surface area contributed by atoms with Crippen molar-refractivity contribution >= 4 is 0 Å². The lowest BCUT2D eigenvalue weighted by molar-refractivity contribution is -0.0590. The van der Waals surface area contributed by atoms with Crippen molar-refractivity contribution in [1.29, 1.82) is 0 Å². The molecular formula is C6H10O2. The van der Waals surface area contributed by atoms with E-state index >= 15 is 0 Å². The minimum Gasteiger partial charge on any atom is -0.368 e. The van der Waals surface area contributed by atoms with E-state index in [1.165, 1.54) is 0 Å². The van der Waals surface area contributed by atoms with Crippen molar-refractivity contribution in [3.63, 3.8) is 0 Å². The zero-order valence-electron chi connectivity index (χ0n) is 4.71. The van der Waals surface area contributed by atoms with Gasteiger partial charge in [0.1, 0.15) is 0 Å². The summed E-state index contributed by atoms with van der Waals surface area (Å²) in [6, 6.07) is 0. The highest BCUT2D eigenvalue weighted by molar-refractivity contribution is 4.82. The van der Waals surface area contributed by atoms with Crippen LogP contribution in [-0.4, -0.2) is 18.0 Å². The minimum absolute atomic E-state index is 0.366. The lowest BCUT2D eigenvalue weighted by Crippen LogP contribution is -2.00. The Hall–Kier alpha value is -0.340. The second kappa shape index (κ2) is 2.29. The molecule has 1 saturated heterocycles. The molecule has 1 fully saturated rings. The molecule has 0 bridgehead atoms. The van der Waals surface area contributed by atoms with E-state index in [4.69, 9.17) is 9.84 Å². The smallest absolute Gasteiger partial charge is 0.155 e. The van der Waals surface area contributed by atoms with E-state index in [-0.39, 0.29) is 0 Å². The average molecular weight is 114 g/mol. The molecule has 1 N–H and O–H groups in total. The molecular weight excluding hydrogens is 104 g/mol. The van der Waals surface area contributed by atoms with Crippen molar-refractivity contribution in [2.24, 2.45) is 5.92 Å². The zero-order chi connectivity index (χ0) is 5.98. The predicted molar refractivity (Wildman–Crippen MR) is 30.3 cm³/mol. The van der Waals surface area contributed by atoms with Gasteiger partial charge in [0.05, 0.1) is 6.61 Å². The van der Waals surface area contributed by atoms with E-state index in [0.717, 1.165) is 0 Å². The molecule has 1 aliphatic rings. The molecule has 0 aromatic heterocycles. The number of ether oxygens (including phenoxy) is 1. The third-order valence-corrected chi connectivity index (χ3v) is 1.34. The van der Waals surface area contributed by atoms with Crippen LogP contribution in [0.5, 0.6) is 0 Å². The highest BCUT2D eigenvalue weighted by Crippen LogP contribution is 2.17. The molecule has 0 aromatic rings. The maximum Gasteiger partial charge on any atom is 0.155 e. The van der Waals surface area contributed by atoms with Crippen molar-refractivity contribution < 1.29 is 9.84 Å². The van der Waals surface area contributed by atoms with Crippen LogP contribution in [0.2, 0.25) is 0 Å². The molecule has 0 spiro atoms. The Morgan fingerprint density at radius 1 is 1.75 bits per heavy atom. The Morgan fingerprint density at radius 3 is 2.75 bits per heavy atom. The molecule has 0 aliphatic carbocycles. The second-order valence-electron chi connectivity index (χ2n) is 2.02. The van der Waals surface area contributed by atoms with Gasteiger partial charge in [0.25, 0.3) is 0 Å². The first kappa shape index (κ1) is 5.79. The highest BCUT2D eigenvalue weighted by atomic mass is 16.6. The molecule has 1 rings (SSSR count). The monoisotopic (exact) mass is 114 g/mol. The minimum atomic E-state index is -0.544. The quantitative estimate of drug-likeness (QED) is 0.504. The van der Waals surface area contributed by atoms with Crippen molar-refractivity contribution in [3.05, 3.63) is 12.7 Å². The Kier molecular flexibility index (Phi) is 1.65. The van der Waals surface area contributed by atoms with Crippen LogP contribution in [0.4, 0.5) is 0 Å². The van der Waals surface area contributed by atoms with Crippen LogP contribution in [0.1, 0.15) is 6.42 Å². The molecule has 0 saturated carbocycles. The van der Waals surface area contributed by atoms with Crippen LogP contribution in [-0.2, 0) is 4.74 Å². The fourth-order valence-electron chi connectivity index (χ4n) is 0.794. The van der Waals surface area contributed by atoms with Crippen LogP contribution >= 0.6 is 0 Å². The summed E-state index contributed by atoms with van der Waals surface area (Å²) in [5.74, 6) is 0.366. The van der Waals surface area contributed by atoms with Gasteiger partial charge in [-0.25, -0.2) is 0 Å². The SMILES string of the molecule is C=C[C@@H]1CO[C@H](O)C1. The Morgan fingerprint density at radius 2 is 2.50 bits per heavy atom. The van der Waals surface area contributed by atoms with Gasteiger partial charge in [-0.15, -0.1) is 6.58 Å². The topological polar surface area (TPSA) is 29.5 Å². The summed E-state index contributed by atoms with van der Waals surface area (Å²) in [7, 11) is 0. The number of hydrogen-bond acceptors (Lipinski definition) is 2. The van der Waals surface area contributed by atoms with Gasteiger partial charge in [-0.2, -0.15) is 0 Å². The lowest BCUT2D eigenvalue weighted by Gasteiger charge is -1.94. The average Bonchev–Trinajstić information content (AvgIpc) is 2.14. The summed E-state index contributed by atoms with van der Waals surface area (Å²) in [6.07, 6.45) is 1.98. The Balaban J connectivity index is 2.32. The van der Waals surface area contributed by atoms with Crippen LogP contribution in [0.3, 0.4) is 0 Å². The number of hydrogen-bond donors (Lipinski definition) is 1. The zero-order valence-corrected chi connectivity index (χ0v) is 4.71. The molecule has 2 nitrogen and oxygen atoms in total. The second-order valence-corrected chi connectivity index (χ2v) is 2.02. The molecule has 0 radical (unpaired) electrons. The van der Waals surface area contributed by atoms with Gasteiger partial charge in [0, 0.05) is 12.3 Å². The van der Waals surface area contributed by atoms with Crippen LogP contribution in [0, 0.1) is 5.92 Å². The van der Waals surface area contributed by atoms with Gasteiger partial charge in [0.2, 0.25) is 0 Å². The van der Waals surface area contributed by atoms with Gasteiger partial charge in [-0.05, 0) is 0 Å². The molecule has 0 aromatic carbocycles. The lowest BCUT2D eigenvalue weighted by atomic mass is 10.1. The van der Waals surface area contributed by atoms with Gasteiger partial charge in [-0.3, -0.25) is 0 Å². The third-order valence-electron chi connectivity index (χ3n) is 1.34. The molecule has 1 heterocycles. The number of aliphatic hydroxyl groups is 1. The Bertz CT molecular complexity index is 90.5. The van der Waals surface area contributed by atoms with Crippen LogP contribution < -0.4 is 0 Å². The summed E-state index contributed by atoms with van der Waals surface area (Å²) < 4.78 is 4.84. The van der Waals surface area contributed by atoms with Gasteiger partial charge < -0.3 is 9.84 Å². The van der Waals surface area contributed by atoms with E-state index in [0.29, 0.717) is 18.9 Å². The van der Waals surface area contributed by atoms with E-state index in [1.54, 1.807) is 0 Å². The summed E-state index contributed by atoms with van der Waals surface area (Å²) in [6.45, 7) is 4.22. The molecule has 2 heteroatoms. The van der Waals surface area contributed by atoms with E-state index < -0.39 is 6.29 Å². The van der Waals surface area contributed by atoms with E-state index in [9.17, 15) is 0 Å². The maximum absolute atomic E-state index is 8.76. The first-order valence-corrected chi connectivity index (χ1v) is 2.75.